The largest absolute Gasteiger partial charge is 0.504 e. The first-order valence-corrected chi connectivity index (χ1v) is 15.2. The van der Waals surface area contributed by atoms with Crippen LogP contribution in [-0.4, -0.2) is 51.1 Å². The van der Waals surface area contributed by atoms with Crippen molar-refractivity contribution >= 4 is 87.5 Å². The van der Waals surface area contributed by atoms with Crippen LogP contribution in [0.4, 0.5) is 11.4 Å². The monoisotopic (exact) mass is 824 g/mol. The predicted molar refractivity (Wildman–Crippen MR) is 180 cm³/mol. The summed E-state index contributed by atoms with van der Waals surface area (Å²) in [5.41, 5.74) is 3.77. The number of phenolic OH excluding ortho intramolecular Hbond substituents is 2. The second kappa shape index (κ2) is 13.9. The molecule has 0 aliphatic carbocycles. The van der Waals surface area contributed by atoms with Crippen molar-refractivity contribution in [2.24, 2.45) is 9.98 Å². The number of methoxy groups -OCH3 is 4. The van der Waals surface area contributed by atoms with Crippen molar-refractivity contribution in [3.8, 4) is 45.6 Å². The molecule has 0 saturated heterocycles. The van der Waals surface area contributed by atoms with Gasteiger partial charge in [0, 0.05) is 30.3 Å². The number of ether oxygens (including phenoxy) is 4. The topological polar surface area (TPSA) is 102 Å². The van der Waals surface area contributed by atoms with Crippen molar-refractivity contribution in [1.82, 2.24) is 0 Å². The standard InChI is InChI=1S/C30H24Br4N2O6/c1-39-23-9-15(5-7-21(23)35-13-17-27(33)19(31)11-25(41-3)29(17)37)16-6-8-22(24(10-16)40-2)36-14-18-28(34)20(32)12-26(42-4)30(18)38/h5-14,37-38H,1-4H3. The maximum absolute atomic E-state index is 10.6. The molecule has 0 unspecified atom stereocenters. The lowest BCUT2D eigenvalue weighted by Gasteiger charge is -2.12. The van der Waals surface area contributed by atoms with E-state index in [-0.39, 0.29) is 11.5 Å². The van der Waals surface area contributed by atoms with Crippen LogP contribution in [0.15, 0.2) is 76.4 Å². The van der Waals surface area contributed by atoms with E-state index < -0.39 is 0 Å². The number of aliphatic imine (C=N–C) groups is 2. The first-order chi connectivity index (χ1) is 20.1. The molecule has 4 aromatic carbocycles. The highest BCUT2D eigenvalue weighted by Crippen LogP contribution is 2.42. The fraction of sp³-hybridized carbons (Fsp3) is 0.133. The number of halogens is 4. The third kappa shape index (κ3) is 6.61. The van der Waals surface area contributed by atoms with Gasteiger partial charge in [-0.2, -0.15) is 0 Å². The Balaban J connectivity index is 1.66. The molecule has 2 N–H and O–H groups in total. The van der Waals surface area contributed by atoms with Gasteiger partial charge in [-0.15, -0.1) is 0 Å². The summed E-state index contributed by atoms with van der Waals surface area (Å²) in [5.74, 6) is 1.62. The van der Waals surface area contributed by atoms with Gasteiger partial charge in [0.05, 0.1) is 39.6 Å². The number of hydrogen-bond acceptors (Lipinski definition) is 8. The number of benzene rings is 4. The summed E-state index contributed by atoms with van der Waals surface area (Å²) in [6, 6.07) is 14.5. The predicted octanol–water partition coefficient (Wildman–Crippen LogP) is 9.35. The first-order valence-electron chi connectivity index (χ1n) is 12.1. The molecular weight excluding hydrogens is 804 g/mol. The molecule has 0 spiro atoms. The highest BCUT2D eigenvalue weighted by Gasteiger charge is 2.16. The zero-order valence-corrected chi connectivity index (χ0v) is 29.1. The van der Waals surface area contributed by atoms with Crippen LogP contribution in [0.5, 0.6) is 34.5 Å². The zero-order valence-electron chi connectivity index (χ0n) is 22.7. The highest BCUT2D eigenvalue weighted by atomic mass is 79.9. The zero-order chi connectivity index (χ0) is 30.6. The van der Waals surface area contributed by atoms with Gasteiger partial charge in [0.25, 0.3) is 0 Å². The molecule has 4 aromatic rings. The second-order valence-corrected chi connectivity index (χ2v) is 11.9. The van der Waals surface area contributed by atoms with Crippen molar-refractivity contribution in [2.75, 3.05) is 28.4 Å². The molecule has 0 aromatic heterocycles. The van der Waals surface area contributed by atoms with Crippen LogP contribution in [0.3, 0.4) is 0 Å². The molecule has 8 nitrogen and oxygen atoms in total. The Bertz CT molecular complexity index is 1580. The summed E-state index contributed by atoms with van der Waals surface area (Å²) in [6.45, 7) is 0. The van der Waals surface area contributed by atoms with Gasteiger partial charge >= 0.3 is 0 Å². The fourth-order valence-corrected chi connectivity index (χ4v) is 5.62. The SMILES string of the molecule is COc1cc(-c2ccc(N=Cc3c(O)c(OC)cc(Br)c3Br)c(OC)c2)ccc1N=Cc1c(O)c(OC)cc(Br)c1Br. The molecule has 42 heavy (non-hydrogen) atoms. The van der Waals surface area contributed by atoms with Crippen LogP contribution in [0.2, 0.25) is 0 Å². The summed E-state index contributed by atoms with van der Waals surface area (Å²) in [7, 11) is 6.10. The Kier molecular flexibility index (Phi) is 10.6. The molecule has 0 aliphatic heterocycles. The highest BCUT2D eigenvalue weighted by molar-refractivity contribution is 9.13. The van der Waals surface area contributed by atoms with Crippen molar-refractivity contribution < 1.29 is 29.2 Å². The number of phenols is 2. The third-order valence-electron chi connectivity index (χ3n) is 6.18. The molecule has 0 aliphatic rings. The van der Waals surface area contributed by atoms with Crippen LogP contribution >= 0.6 is 63.7 Å². The van der Waals surface area contributed by atoms with Gasteiger partial charge in [-0.25, -0.2) is 0 Å². The molecule has 0 bridgehead atoms. The minimum absolute atomic E-state index is 0.0386. The van der Waals surface area contributed by atoms with E-state index in [0.717, 1.165) is 11.1 Å². The summed E-state index contributed by atoms with van der Waals surface area (Å²) in [6.07, 6.45) is 3.08. The lowest BCUT2D eigenvalue weighted by molar-refractivity contribution is 0.372. The molecule has 0 atom stereocenters. The average molecular weight is 828 g/mol. The molecule has 0 fully saturated rings. The quantitative estimate of drug-likeness (QED) is 0.163. The van der Waals surface area contributed by atoms with Gasteiger partial charge in [-0.05, 0) is 111 Å². The van der Waals surface area contributed by atoms with E-state index in [9.17, 15) is 10.2 Å². The molecule has 0 radical (unpaired) electrons. The Morgan fingerprint density at radius 2 is 0.905 bits per heavy atom. The lowest BCUT2D eigenvalue weighted by Crippen LogP contribution is -1.93. The van der Waals surface area contributed by atoms with Crippen LogP contribution in [0, 0.1) is 0 Å². The Morgan fingerprint density at radius 3 is 1.24 bits per heavy atom. The van der Waals surface area contributed by atoms with E-state index in [2.05, 4.69) is 73.7 Å². The van der Waals surface area contributed by atoms with Crippen molar-refractivity contribution in [1.29, 1.82) is 0 Å². The van der Waals surface area contributed by atoms with Crippen LogP contribution < -0.4 is 18.9 Å². The molecule has 0 amide bonds. The summed E-state index contributed by atoms with van der Waals surface area (Å²) in [4.78, 5) is 9.11. The second-order valence-electron chi connectivity index (χ2n) is 8.56. The molecular formula is C30H24Br4N2O6. The smallest absolute Gasteiger partial charge is 0.167 e. The third-order valence-corrected chi connectivity index (χ3v) is 10.2. The number of nitrogens with zero attached hydrogens (tertiary/aromatic N) is 2. The van der Waals surface area contributed by atoms with E-state index >= 15 is 0 Å². The lowest BCUT2D eigenvalue weighted by atomic mass is 10.0. The molecule has 0 heterocycles. The summed E-state index contributed by atoms with van der Waals surface area (Å²) >= 11 is 13.9. The van der Waals surface area contributed by atoms with E-state index in [0.29, 0.717) is 63.4 Å². The Hall–Kier alpha value is -3.06. The normalized spacial score (nSPS) is 11.3. The number of aromatic hydroxyl groups is 2. The Morgan fingerprint density at radius 1 is 0.548 bits per heavy atom. The van der Waals surface area contributed by atoms with Gasteiger partial charge in [0.1, 0.15) is 22.9 Å². The minimum atomic E-state index is -0.0386. The van der Waals surface area contributed by atoms with Gasteiger partial charge in [0.15, 0.2) is 23.0 Å². The van der Waals surface area contributed by atoms with Gasteiger partial charge in [-0.3, -0.25) is 9.98 Å². The van der Waals surface area contributed by atoms with E-state index in [1.165, 1.54) is 26.6 Å². The van der Waals surface area contributed by atoms with Crippen LogP contribution in [0.25, 0.3) is 11.1 Å². The minimum Gasteiger partial charge on any atom is -0.504 e. The maximum Gasteiger partial charge on any atom is 0.167 e. The van der Waals surface area contributed by atoms with Crippen LogP contribution in [0.1, 0.15) is 11.1 Å². The summed E-state index contributed by atoms with van der Waals surface area (Å²) < 4.78 is 24.4. The molecule has 12 heteroatoms. The number of rotatable bonds is 9. The molecule has 4 rings (SSSR count). The molecule has 218 valence electrons. The Labute approximate surface area is 276 Å². The van der Waals surface area contributed by atoms with Gasteiger partial charge in [-0.1, -0.05) is 12.1 Å². The van der Waals surface area contributed by atoms with E-state index in [4.69, 9.17) is 18.9 Å². The number of hydrogen-bond donors (Lipinski definition) is 2. The average Bonchev–Trinajstić information content (AvgIpc) is 3.00. The maximum atomic E-state index is 10.6. The van der Waals surface area contributed by atoms with Crippen molar-refractivity contribution in [3.63, 3.8) is 0 Å². The van der Waals surface area contributed by atoms with Gasteiger partial charge in [0.2, 0.25) is 0 Å². The van der Waals surface area contributed by atoms with Crippen molar-refractivity contribution in [3.05, 3.63) is 77.5 Å². The first kappa shape index (κ1) is 31.9. The molecule has 0 saturated carbocycles. The van der Waals surface area contributed by atoms with E-state index in [1.807, 2.05) is 36.4 Å². The van der Waals surface area contributed by atoms with Crippen molar-refractivity contribution in [2.45, 2.75) is 0 Å². The van der Waals surface area contributed by atoms with Crippen LogP contribution in [-0.2, 0) is 0 Å². The van der Waals surface area contributed by atoms with E-state index in [1.54, 1.807) is 26.4 Å². The summed E-state index contributed by atoms with van der Waals surface area (Å²) in [5, 5.41) is 21.2. The fourth-order valence-electron chi connectivity index (χ4n) is 3.97. The van der Waals surface area contributed by atoms with Gasteiger partial charge < -0.3 is 29.2 Å².